The largest absolute Gasteiger partial charge is 0.481 e. The molecule has 0 atom stereocenters. The van der Waals surface area contributed by atoms with Crippen molar-refractivity contribution in [2.75, 3.05) is 0 Å². The molecular weight excluding hydrogens is 270 g/mol. The zero-order valence-electron chi connectivity index (χ0n) is 6.76. The van der Waals surface area contributed by atoms with E-state index in [1.165, 1.54) is 12.1 Å². The van der Waals surface area contributed by atoms with Crippen LogP contribution in [0.15, 0.2) is 12.1 Å². The first kappa shape index (κ1) is 13.8. The van der Waals surface area contributed by atoms with E-state index in [0.29, 0.717) is 15.6 Å². The Hall–Kier alpha value is -0.150. The van der Waals surface area contributed by atoms with E-state index in [1.807, 2.05) is 0 Å². The fourth-order valence-electron chi connectivity index (χ4n) is 0.882. The molecule has 78 valence electrons. The van der Waals surface area contributed by atoms with Crippen LogP contribution in [0.4, 0.5) is 0 Å². The van der Waals surface area contributed by atoms with Crippen LogP contribution in [-0.4, -0.2) is 11.1 Å². The third-order valence-corrected chi connectivity index (χ3v) is 2.66. The highest BCUT2D eigenvalue weighted by molar-refractivity contribution is 6.44. The molecular formula is C8H6Cl4O2. The second-order valence-corrected chi connectivity index (χ2v) is 3.58. The van der Waals surface area contributed by atoms with Crippen LogP contribution in [-0.2, 0) is 11.2 Å². The first-order chi connectivity index (χ1) is 6.02. The fourth-order valence-corrected chi connectivity index (χ4v) is 1.56. The summed E-state index contributed by atoms with van der Waals surface area (Å²) >= 11 is 17.2. The Morgan fingerprint density at radius 1 is 1.21 bits per heavy atom. The highest BCUT2D eigenvalue weighted by Crippen LogP contribution is 2.31. The van der Waals surface area contributed by atoms with Crippen LogP contribution in [0, 0.1) is 0 Å². The first-order valence-corrected chi connectivity index (χ1v) is 4.50. The van der Waals surface area contributed by atoms with Crippen molar-refractivity contribution in [3.8, 4) is 0 Å². The van der Waals surface area contributed by atoms with E-state index in [0.717, 1.165) is 0 Å². The predicted molar refractivity (Wildman–Crippen MR) is 60.1 cm³/mol. The van der Waals surface area contributed by atoms with Gasteiger partial charge in [-0.15, -0.1) is 12.4 Å². The Kier molecular flexibility index (Phi) is 5.60. The molecule has 0 amide bonds. The lowest BCUT2D eigenvalue weighted by Crippen LogP contribution is -2.01. The van der Waals surface area contributed by atoms with E-state index in [4.69, 9.17) is 39.9 Å². The molecule has 0 saturated heterocycles. The summed E-state index contributed by atoms with van der Waals surface area (Å²) in [4.78, 5) is 10.4. The maximum atomic E-state index is 10.4. The van der Waals surface area contributed by atoms with E-state index in [9.17, 15) is 4.79 Å². The number of carboxylic acids is 1. The number of hydrogen-bond acceptors (Lipinski definition) is 1. The number of carbonyl (C=O) groups is 1. The van der Waals surface area contributed by atoms with Crippen molar-refractivity contribution >= 4 is 53.2 Å². The van der Waals surface area contributed by atoms with E-state index in [2.05, 4.69) is 0 Å². The van der Waals surface area contributed by atoms with Crippen LogP contribution in [0.5, 0.6) is 0 Å². The van der Waals surface area contributed by atoms with Crippen molar-refractivity contribution in [2.24, 2.45) is 0 Å². The standard InChI is InChI=1S/C8H5Cl3O2.ClH/c9-5-1-2-6(10)8(11)4(5)3-7(12)13;/h1-2H,3H2,(H,12,13);1H. The molecule has 0 saturated carbocycles. The molecule has 0 aliphatic carbocycles. The number of hydrogen-bond donors (Lipinski definition) is 1. The van der Waals surface area contributed by atoms with Crippen molar-refractivity contribution in [1.29, 1.82) is 0 Å². The van der Waals surface area contributed by atoms with E-state index in [-0.39, 0.29) is 23.9 Å². The molecule has 1 N–H and O–H groups in total. The minimum atomic E-state index is -0.994. The monoisotopic (exact) mass is 274 g/mol. The average molecular weight is 276 g/mol. The molecule has 0 unspecified atom stereocenters. The SMILES string of the molecule is Cl.O=C(O)Cc1c(Cl)ccc(Cl)c1Cl. The molecule has 1 rings (SSSR count). The number of rotatable bonds is 2. The summed E-state index contributed by atoms with van der Waals surface area (Å²) in [5, 5.41) is 9.38. The van der Waals surface area contributed by atoms with Gasteiger partial charge < -0.3 is 5.11 Å². The van der Waals surface area contributed by atoms with Gasteiger partial charge in [-0.25, -0.2) is 0 Å². The van der Waals surface area contributed by atoms with Crippen LogP contribution in [0.25, 0.3) is 0 Å². The Bertz CT molecular complexity index is 351. The Morgan fingerprint density at radius 3 is 2.21 bits per heavy atom. The van der Waals surface area contributed by atoms with Gasteiger partial charge >= 0.3 is 5.97 Å². The summed E-state index contributed by atoms with van der Waals surface area (Å²) in [6.07, 6.45) is -0.224. The van der Waals surface area contributed by atoms with Gasteiger partial charge in [-0.1, -0.05) is 34.8 Å². The quantitative estimate of drug-likeness (QED) is 0.836. The first-order valence-electron chi connectivity index (χ1n) is 3.36. The normalized spacial score (nSPS) is 9.36. The van der Waals surface area contributed by atoms with E-state index in [1.54, 1.807) is 0 Å². The molecule has 0 bridgehead atoms. The number of carboxylic acid groups (broad SMARTS) is 1. The van der Waals surface area contributed by atoms with Crippen LogP contribution in [0.1, 0.15) is 5.56 Å². The average Bonchev–Trinajstić information content (AvgIpc) is 2.05. The molecule has 0 aromatic heterocycles. The molecule has 1 aromatic carbocycles. The smallest absolute Gasteiger partial charge is 0.307 e. The molecule has 0 fully saturated rings. The van der Waals surface area contributed by atoms with Gasteiger partial charge in [0.2, 0.25) is 0 Å². The van der Waals surface area contributed by atoms with Crippen molar-refractivity contribution < 1.29 is 9.90 Å². The van der Waals surface area contributed by atoms with Gasteiger partial charge in [0.15, 0.2) is 0 Å². The maximum absolute atomic E-state index is 10.4. The fraction of sp³-hybridized carbons (Fsp3) is 0.125. The van der Waals surface area contributed by atoms with Crippen LogP contribution in [0.2, 0.25) is 15.1 Å². The lowest BCUT2D eigenvalue weighted by atomic mass is 10.1. The van der Waals surface area contributed by atoms with Gasteiger partial charge in [-0.05, 0) is 12.1 Å². The molecule has 0 aliphatic heterocycles. The van der Waals surface area contributed by atoms with Crippen molar-refractivity contribution in [3.05, 3.63) is 32.8 Å². The topological polar surface area (TPSA) is 37.3 Å². The molecule has 0 spiro atoms. The van der Waals surface area contributed by atoms with Crippen molar-refractivity contribution in [2.45, 2.75) is 6.42 Å². The molecule has 2 nitrogen and oxygen atoms in total. The molecule has 14 heavy (non-hydrogen) atoms. The predicted octanol–water partition coefficient (Wildman–Crippen LogP) is 3.70. The summed E-state index contributed by atoms with van der Waals surface area (Å²) in [5.41, 5.74) is 0.350. The molecule has 0 radical (unpaired) electrons. The molecule has 6 heteroatoms. The van der Waals surface area contributed by atoms with Gasteiger partial charge in [0.05, 0.1) is 16.5 Å². The Balaban J connectivity index is 0.00000169. The lowest BCUT2D eigenvalue weighted by molar-refractivity contribution is -0.136. The summed E-state index contributed by atoms with van der Waals surface area (Å²) in [7, 11) is 0. The zero-order chi connectivity index (χ0) is 10.0. The number of aliphatic carboxylic acids is 1. The summed E-state index contributed by atoms with van der Waals surface area (Å²) in [6, 6.07) is 3.05. The highest BCUT2D eigenvalue weighted by atomic mass is 35.5. The summed E-state index contributed by atoms with van der Waals surface area (Å²) in [6.45, 7) is 0. The van der Waals surface area contributed by atoms with Gasteiger partial charge in [0.25, 0.3) is 0 Å². The Labute approximate surface area is 102 Å². The van der Waals surface area contributed by atoms with Crippen LogP contribution >= 0.6 is 47.2 Å². The van der Waals surface area contributed by atoms with Crippen molar-refractivity contribution in [1.82, 2.24) is 0 Å². The lowest BCUT2D eigenvalue weighted by Gasteiger charge is -2.05. The van der Waals surface area contributed by atoms with E-state index < -0.39 is 5.97 Å². The summed E-state index contributed by atoms with van der Waals surface area (Å²) < 4.78 is 0. The number of benzene rings is 1. The third-order valence-electron chi connectivity index (χ3n) is 1.47. The maximum Gasteiger partial charge on any atom is 0.307 e. The van der Waals surface area contributed by atoms with Gasteiger partial charge in [0, 0.05) is 10.6 Å². The molecule has 0 heterocycles. The van der Waals surface area contributed by atoms with Crippen molar-refractivity contribution in [3.63, 3.8) is 0 Å². The number of halogens is 4. The van der Waals surface area contributed by atoms with Gasteiger partial charge in [-0.3, -0.25) is 4.79 Å². The van der Waals surface area contributed by atoms with Gasteiger partial charge in [0.1, 0.15) is 0 Å². The second kappa shape index (κ2) is 5.66. The minimum absolute atomic E-state index is 0. The van der Waals surface area contributed by atoms with Crippen LogP contribution < -0.4 is 0 Å². The van der Waals surface area contributed by atoms with Crippen LogP contribution in [0.3, 0.4) is 0 Å². The second-order valence-electron chi connectivity index (χ2n) is 2.39. The Morgan fingerprint density at radius 2 is 1.71 bits per heavy atom. The molecule has 0 aliphatic rings. The zero-order valence-corrected chi connectivity index (χ0v) is 9.84. The molecule has 1 aromatic rings. The van der Waals surface area contributed by atoms with Gasteiger partial charge in [-0.2, -0.15) is 0 Å². The third kappa shape index (κ3) is 3.21. The van der Waals surface area contributed by atoms with E-state index >= 15 is 0 Å². The highest BCUT2D eigenvalue weighted by Gasteiger charge is 2.12. The minimum Gasteiger partial charge on any atom is -0.481 e. The summed E-state index contributed by atoms with van der Waals surface area (Å²) in [5.74, 6) is -0.994.